The van der Waals surface area contributed by atoms with Gasteiger partial charge in [-0.3, -0.25) is 19.3 Å². The molecule has 2 aliphatic rings. The first-order valence-electron chi connectivity index (χ1n) is 12.7. The molecular weight excluding hydrogens is 458 g/mol. The number of nitrogens with zero attached hydrogens (tertiary/aromatic N) is 4. The molecule has 0 saturated heterocycles. The molecule has 4 aromatic rings. The van der Waals surface area contributed by atoms with Gasteiger partial charge < -0.3 is 0 Å². The maximum absolute atomic E-state index is 14.4. The number of aromatic nitrogens is 4. The fourth-order valence-corrected chi connectivity index (χ4v) is 5.77. The summed E-state index contributed by atoms with van der Waals surface area (Å²) in [6, 6.07) is 9.97. The van der Waals surface area contributed by atoms with Crippen molar-refractivity contribution in [3.63, 3.8) is 0 Å². The molecule has 2 saturated carbocycles. The third-order valence-electron chi connectivity index (χ3n) is 7.77. The van der Waals surface area contributed by atoms with Crippen LogP contribution in [0, 0.1) is 18.6 Å². The molecule has 0 unspecified atom stereocenters. The number of pyridine rings is 2. The molecule has 3 heterocycles. The van der Waals surface area contributed by atoms with E-state index in [1.165, 1.54) is 23.8 Å². The van der Waals surface area contributed by atoms with Crippen LogP contribution < -0.4 is 5.56 Å². The fraction of sp³-hybridized carbons (Fsp3) is 0.379. The average Bonchev–Trinajstić information content (AvgIpc) is 3.72. The summed E-state index contributed by atoms with van der Waals surface area (Å²) in [6.07, 6.45) is 8.44. The van der Waals surface area contributed by atoms with Crippen LogP contribution in [0.3, 0.4) is 0 Å². The Morgan fingerprint density at radius 1 is 0.889 bits per heavy atom. The minimum Gasteiger partial charge on any atom is -0.285 e. The fourth-order valence-electron chi connectivity index (χ4n) is 5.77. The maximum Gasteiger partial charge on any atom is 0.256 e. The lowest BCUT2D eigenvalue weighted by atomic mass is 9.76. The van der Waals surface area contributed by atoms with Crippen LogP contribution in [0.4, 0.5) is 8.78 Å². The zero-order valence-electron chi connectivity index (χ0n) is 20.3. The standard InChI is InChI=1S/C29H28F2N4O/c1-17-15-33-25-14-22(19-9-11-20(12-10-19)27-23(30)5-2-6-24(27)31)29(36)35(28(25)34-17)16-26-21(18-7-8-18)4-3-13-32-26/h2-6,13-15,18-20H,7-12,16H2,1H3. The van der Waals surface area contributed by atoms with Gasteiger partial charge in [0.15, 0.2) is 5.65 Å². The third-order valence-corrected chi connectivity index (χ3v) is 7.77. The number of fused-ring (bicyclic) bond motifs is 1. The molecule has 3 aromatic heterocycles. The normalized spacial score (nSPS) is 20.1. The Morgan fingerprint density at radius 3 is 2.28 bits per heavy atom. The lowest BCUT2D eigenvalue weighted by molar-refractivity contribution is 0.374. The molecule has 1 aromatic carbocycles. The van der Waals surface area contributed by atoms with Gasteiger partial charge in [0.1, 0.15) is 17.2 Å². The smallest absolute Gasteiger partial charge is 0.256 e. The van der Waals surface area contributed by atoms with E-state index in [9.17, 15) is 13.6 Å². The molecule has 2 fully saturated rings. The van der Waals surface area contributed by atoms with Crippen molar-refractivity contribution >= 4 is 11.2 Å². The van der Waals surface area contributed by atoms with Gasteiger partial charge in [-0.1, -0.05) is 12.1 Å². The van der Waals surface area contributed by atoms with E-state index >= 15 is 0 Å². The molecule has 0 bridgehead atoms. The summed E-state index contributed by atoms with van der Waals surface area (Å²) in [5.41, 5.74) is 4.92. The number of hydrogen-bond acceptors (Lipinski definition) is 4. The molecule has 7 heteroatoms. The van der Waals surface area contributed by atoms with E-state index in [0.717, 1.165) is 24.2 Å². The molecule has 0 spiro atoms. The predicted octanol–water partition coefficient (Wildman–Crippen LogP) is 6.14. The topological polar surface area (TPSA) is 60.7 Å². The lowest BCUT2D eigenvalue weighted by Crippen LogP contribution is -2.29. The Morgan fingerprint density at radius 2 is 1.56 bits per heavy atom. The van der Waals surface area contributed by atoms with Crippen LogP contribution in [0.1, 0.15) is 84.4 Å². The molecule has 36 heavy (non-hydrogen) atoms. The molecule has 0 amide bonds. The van der Waals surface area contributed by atoms with Crippen LogP contribution in [-0.2, 0) is 6.54 Å². The van der Waals surface area contributed by atoms with Gasteiger partial charge in [-0.05, 0) is 93.0 Å². The van der Waals surface area contributed by atoms with Crippen molar-refractivity contribution in [2.75, 3.05) is 0 Å². The molecular formula is C29H28F2N4O. The molecule has 0 aliphatic heterocycles. The van der Waals surface area contributed by atoms with Gasteiger partial charge in [0.2, 0.25) is 0 Å². The van der Waals surface area contributed by atoms with Gasteiger partial charge in [-0.15, -0.1) is 0 Å². The summed E-state index contributed by atoms with van der Waals surface area (Å²) in [6.45, 7) is 2.22. The number of halogens is 2. The molecule has 184 valence electrons. The van der Waals surface area contributed by atoms with E-state index in [2.05, 4.69) is 21.0 Å². The zero-order valence-corrected chi connectivity index (χ0v) is 20.3. The van der Waals surface area contributed by atoms with Crippen molar-refractivity contribution < 1.29 is 8.78 Å². The van der Waals surface area contributed by atoms with Gasteiger partial charge in [-0.25, -0.2) is 13.8 Å². The first kappa shape index (κ1) is 23.0. The van der Waals surface area contributed by atoms with E-state index in [1.54, 1.807) is 17.0 Å². The largest absolute Gasteiger partial charge is 0.285 e. The highest BCUT2D eigenvalue weighted by atomic mass is 19.1. The van der Waals surface area contributed by atoms with Gasteiger partial charge in [0, 0.05) is 23.5 Å². The quantitative estimate of drug-likeness (QED) is 0.340. The summed E-state index contributed by atoms with van der Waals surface area (Å²) in [4.78, 5) is 27.8. The van der Waals surface area contributed by atoms with Crippen molar-refractivity contribution in [2.24, 2.45) is 0 Å². The number of rotatable bonds is 5. The summed E-state index contributed by atoms with van der Waals surface area (Å²) >= 11 is 0. The second-order valence-corrected chi connectivity index (χ2v) is 10.2. The van der Waals surface area contributed by atoms with E-state index < -0.39 is 11.6 Å². The zero-order chi connectivity index (χ0) is 24.8. The number of benzene rings is 1. The Hall–Kier alpha value is -3.48. The van der Waals surface area contributed by atoms with Crippen molar-refractivity contribution in [1.29, 1.82) is 0 Å². The highest BCUT2D eigenvalue weighted by Gasteiger charge is 2.30. The SMILES string of the molecule is Cc1cnc2cc(C3CCC(c4c(F)cccc4F)CC3)c(=O)n(Cc3ncccc3C3CC3)c2n1. The molecule has 0 atom stereocenters. The molecule has 2 aliphatic carbocycles. The van der Waals surface area contributed by atoms with Crippen molar-refractivity contribution in [1.82, 2.24) is 19.5 Å². The van der Waals surface area contributed by atoms with Crippen LogP contribution in [0.5, 0.6) is 0 Å². The predicted molar refractivity (Wildman–Crippen MR) is 134 cm³/mol. The first-order chi connectivity index (χ1) is 17.5. The Kier molecular flexibility index (Phi) is 5.86. The average molecular weight is 487 g/mol. The molecule has 0 radical (unpaired) electrons. The van der Waals surface area contributed by atoms with E-state index in [0.29, 0.717) is 54.9 Å². The summed E-state index contributed by atoms with van der Waals surface area (Å²) < 4.78 is 30.5. The van der Waals surface area contributed by atoms with Crippen molar-refractivity contribution in [3.8, 4) is 0 Å². The molecule has 0 N–H and O–H groups in total. The second kappa shape index (κ2) is 9.19. The summed E-state index contributed by atoms with van der Waals surface area (Å²) in [7, 11) is 0. The Balaban J connectivity index is 1.36. The van der Waals surface area contributed by atoms with E-state index in [-0.39, 0.29) is 23.0 Å². The van der Waals surface area contributed by atoms with Crippen LogP contribution >= 0.6 is 0 Å². The third kappa shape index (κ3) is 4.21. The molecule has 5 nitrogen and oxygen atoms in total. The van der Waals surface area contributed by atoms with Gasteiger partial charge >= 0.3 is 0 Å². The molecule has 6 rings (SSSR count). The van der Waals surface area contributed by atoms with Crippen molar-refractivity contribution in [3.05, 3.63) is 98.9 Å². The Labute approximate surface area is 208 Å². The van der Waals surface area contributed by atoms with Gasteiger partial charge in [-0.2, -0.15) is 0 Å². The summed E-state index contributed by atoms with van der Waals surface area (Å²) in [5, 5.41) is 0. The van der Waals surface area contributed by atoms with E-state index in [4.69, 9.17) is 0 Å². The first-order valence-corrected chi connectivity index (χ1v) is 12.7. The lowest BCUT2D eigenvalue weighted by Gasteiger charge is -2.29. The summed E-state index contributed by atoms with van der Waals surface area (Å²) in [5.74, 6) is -0.630. The maximum atomic E-state index is 14.4. The van der Waals surface area contributed by atoms with E-state index in [1.807, 2.05) is 19.1 Å². The number of hydrogen-bond donors (Lipinski definition) is 0. The highest BCUT2D eigenvalue weighted by Crippen LogP contribution is 2.42. The highest BCUT2D eigenvalue weighted by molar-refractivity contribution is 5.71. The second-order valence-electron chi connectivity index (χ2n) is 10.2. The van der Waals surface area contributed by atoms with Crippen LogP contribution in [0.25, 0.3) is 11.2 Å². The Bertz CT molecular complexity index is 1480. The minimum absolute atomic E-state index is 0.00831. The van der Waals surface area contributed by atoms with Gasteiger partial charge in [0.25, 0.3) is 5.56 Å². The van der Waals surface area contributed by atoms with Crippen molar-refractivity contribution in [2.45, 2.75) is 69.7 Å². The van der Waals surface area contributed by atoms with Crippen LogP contribution in [-0.4, -0.2) is 19.5 Å². The van der Waals surface area contributed by atoms with Gasteiger partial charge in [0.05, 0.1) is 17.9 Å². The monoisotopic (exact) mass is 486 g/mol. The van der Waals surface area contributed by atoms with Crippen LogP contribution in [0.15, 0.2) is 53.6 Å². The minimum atomic E-state index is -0.487. The number of aryl methyl sites for hydroxylation is 1. The van der Waals surface area contributed by atoms with Crippen LogP contribution in [0.2, 0.25) is 0 Å².